The average Bonchev–Trinajstić information content (AvgIpc) is 2.35. The summed E-state index contributed by atoms with van der Waals surface area (Å²) in [6, 6.07) is 7.64. The minimum Gasteiger partial charge on any atom is -0.481 e. The molecule has 0 aromatic heterocycles. The van der Waals surface area contributed by atoms with Crippen molar-refractivity contribution in [1.29, 1.82) is 0 Å². The molecule has 0 aliphatic rings. The number of rotatable bonds is 6. The third-order valence-corrected chi connectivity index (χ3v) is 3.55. The van der Waals surface area contributed by atoms with E-state index in [9.17, 15) is 9.90 Å². The van der Waals surface area contributed by atoms with Crippen molar-refractivity contribution in [1.82, 2.24) is 0 Å². The van der Waals surface area contributed by atoms with Crippen molar-refractivity contribution in [2.24, 2.45) is 5.92 Å². The Balaban J connectivity index is 2.74. The average molecular weight is 250 g/mol. The lowest BCUT2D eigenvalue weighted by Gasteiger charge is -2.18. The topological polar surface area (TPSA) is 57.5 Å². The predicted octanol–water partition coefficient (Wildman–Crippen LogP) is 2.82. The summed E-state index contributed by atoms with van der Waals surface area (Å²) in [7, 11) is 0. The number of aliphatic carboxylic acids is 1. The smallest absolute Gasteiger partial charge is 0.310 e. The van der Waals surface area contributed by atoms with E-state index >= 15 is 0 Å². The van der Waals surface area contributed by atoms with Crippen LogP contribution in [0.2, 0.25) is 0 Å². The highest BCUT2D eigenvalue weighted by Gasteiger charge is 2.15. The minimum absolute atomic E-state index is 0.257. The lowest BCUT2D eigenvalue weighted by Crippen LogP contribution is -2.18. The molecule has 0 bridgehead atoms. The van der Waals surface area contributed by atoms with Crippen molar-refractivity contribution in [3.8, 4) is 0 Å². The Morgan fingerprint density at radius 1 is 1.22 bits per heavy atom. The highest BCUT2D eigenvalue weighted by Crippen LogP contribution is 2.20. The van der Waals surface area contributed by atoms with Gasteiger partial charge in [-0.25, -0.2) is 0 Å². The number of carboxylic acids is 1. The molecule has 0 aliphatic heterocycles. The van der Waals surface area contributed by atoms with Crippen LogP contribution in [0.3, 0.4) is 0 Å². The van der Waals surface area contributed by atoms with Gasteiger partial charge in [-0.15, -0.1) is 0 Å². The number of aliphatic hydroxyl groups is 1. The third-order valence-electron chi connectivity index (χ3n) is 3.55. The van der Waals surface area contributed by atoms with Gasteiger partial charge >= 0.3 is 5.97 Å². The van der Waals surface area contributed by atoms with E-state index in [0.29, 0.717) is 0 Å². The molecule has 2 N–H and O–H groups in total. The van der Waals surface area contributed by atoms with E-state index in [4.69, 9.17) is 5.11 Å². The Kier molecular flexibility index (Phi) is 5.35. The molecule has 0 amide bonds. The van der Waals surface area contributed by atoms with E-state index in [2.05, 4.69) is 6.92 Å². The van der Waals surface area contributed by atoms with Crippen LogP contribution in [0.4, 0.5) is 0 Å². The van der Waals surface area contributed by atoms with Crippen LogP contribution in [0, 0.1) is 5.92 Å². The quantitative estimate of drug-likeness (QED) is 0.816. The van der Waals surface area contributed by atoms with Crippen molar-refractivity contribution < 1.29 is 15.0 Å². The minimum atomic E-state index is -0.807. The first-order chi connectivity index (χ1) is 8.45. The van der Waals surface area contributed by atoms with E-state index in [1.807, 2.05) is 31.2 Å². The standard InChI is InChI=1S/C15H22O3/c1-4-13(11(3)16)9-12-5-7-14(8-6-12)10(2)15(17)18/h5-8,10-11,13,16H,4,9H2,1-3H3,(H,17,18). The van der Waals surface area contributed by atoms with Crippen LogP contribution < -0.4 is 0 Å². The zero-order valence-corrected chi connectivity index (χ0v) is 11.3. The molecule has 3 nitrogen and oxygen atoms in total. The van der Waals surface area contributed by atoms with Gasteiger partial charge in [0.05, 0.1) is 12.0 Å². The molecule has 18 heavy (non-hydrogen) atoms. The Hall–Kier alpha value is -1.35. The molecule has 0 saturated carbocycles. The van der Waals surface area contributed by atoms with E-state index in [0.717, 1.165) is 24.0 Å². The fraction of sp³-hybridized carbons (Fsp3) is 0.533. The molecule has 3 unspecified atom stereocenters. The number of hydrogen-bond acceptors (Lipinski definition) is 2. The highest BCUT2D eigenvalue weighted by molar-refractivity contribution is 5.75. The first-order valence-electron chi connectivity index (χ1n) is 6.45. The second-order valence-electron chi connectivity index (χ2n) is 4.91. The van der Waals surface area contributed by atoms with E-state index in [-0.39, 0.29) is 12.0 Å². The molecule has 100 valence electrons. The number of benzene rings is 1. The number of carbonyl (C=O) groups is 1. The van der Waals surface area contributed by atoms with Crippen LogP contribution in [0.5, 0.6) is 0 Å². The SMILES string of the molecule is CCC(Cc1ccc(C(C)C(=O)O)cc1)C(C)O. The maximum absolute atomic E-state index is 10.9. The van der Waals surface area contributed by atoms with Crippen molar-refractivity contribution in [3.63, 3.8) is 0 Å². The van der Waals surface area contributed by atoms with Crippen LogP contribution in [0.15, 0.2) is 24.3 Å². The monoisotopic (exact) mass is 250 g/mol. The molecule has 3 atom stereocenters. The normalized spacial score (nSPS) is 16.0. The van der Waals surface area contributed by atoms with Gasteiger partial charge in [0.2, 0.25) is 0 Å². The molecule has 1 aromatic carbocycles. The number of hydrogen-bond donors (Lipinski definition) is 2. The fourth-order valence-corrected chi connectivity index (χ4v) is 2.04. The van der Waals surface area contributed by atoms with E-state index < -0.39 is 11.9 Å². The van der Waals surface area contributed by atoms with Gasteiger partial charge in [-0.3, -0.25) is 4.79 Å². The van der Waals surface area contributed by atoms with Crippen LogP contribution in [0.25, 0.3) is 0 Å². The summed E-state index contributed by atoms with van der Waals surface area (Å²) in [6.45, 7) is 5.56. The third kappa shape index (κ3) is 3.84. The van der Waals surface area contributed by atoms with Crippen LogP contribution in [-0.4, -0.2) is 22.3 Å². The molecule has 0 heterocycles. The van der Waals surface area contributed by atoms with Gasteiger partial charge in [-0.1, -0.05) is 37.6 Å². The lowest BCUT2D eigenvalue weighted by atomic mass is 9.91. The second kappa shape index (κ2) is 6.55. The largest absolute Gasteiger partial charge is 0.481 e. The van der Waals surface area contributed by atoms with Gasteiger partial charge < -0.3 is 10.2 Å². The molecular weight excluding hydrogens is 228 g/mol. The van der Waals surface area contributed by atoms with Gasteiger partial charge in [-0.05, 0) is 37.3 Å². The molecule has 1 aromatic rings. The number of carboxylic acid groups (broad SMARTS) is 1. The summed E-state index contributed by atoms with van der Waals surface area (Å²) in [4.78, 5) is 10.9. The predicted molar refractivity (Wildman–Crippen MR) is 71.7 cm³/mol. The molecule has 0 radical (unpaired) electrons. The molecule has 0 fully saturated rings. The van der Waals surface area contributed by atoms with Gasteiger partial charge in [0, 0.05) is 0 Å². The molecular formula is C15H22O3. The fourth-order valence-electron chi connectivity index (χ4n) is 2.04. The summed E-state index contributed by atoms with van der Waals surface area (Å²) in [5.74, 6) is -1.02. The molecule has 0 aliphatic carbocycles. The molecule has 1 rings (SSSR count). The van der Waals surface area contributed by atoms with Crippen LogP contribution in [0.1, 0.15) is 44.2 Å². The second-order valence-corrected chi connectivity index (χ2v) is 4.91. The van der Waals surface area contributed by atoms with Crippen molar-refractivity contribution >= 4 is 5.97 Å². The zero-order chi connectivity index (χ0) is 13.7. The van der Waals surface area contributed by atoms with Gasteiger partial charge in [-0.2, -0.15) is 0 Å². The number of aliphatic hydroxyl groups excluding tert-OH is 1. The highest BCUT2D eigenvalue weighted by atomic mass is 16.4. The van der Waals surface area contributed by atoms with Gasteiger partial charge in [0.1, 0.15) is 0 Å². The summed E-state index contributed by atoms with van der Waals surface area (Å²) in [5.41, 5.74) is 1.96. The first kappa shape index (κ1) is 14.7. The van der Waals surface area contributed by atoms with Crippen LogP contribution >= 0.6 is 0 Å². The van der Waals surface area contributed by atoms with Gasteiger partial charge in [0.15, 0.2) is 0 Å². The summed E-state index contributed by atoms with van der Waals surface area (Å²) >= 11 is 0. The maximum Gasteiger partial charge on any atom is 0.310 e. The Morgan fingerprint density at radius 2 is 1.78 bits per heavy atom. The maximum atomic E-state index is 10.9. The molecule has 0 spiro atoms. The van der Waals surface area contributed by atoms with Crippen LogP contribution in [-0.2, 0) is 11.2 Å². The van der Waals surface area contributed by atoms with Gasteiger partial charge in [0.25, 0.3) is 0 Å². The van der Waals surface area contributed by atoms with E-state index in [1.54, 1.807) is 6.92 Å². The first-order valence-corrected chi connectivity index (χ1v) is 6.45. The molecule has 3 heteroatoms. The Morgan fingerprint density at radius 3 is 2.17 bits per heavy atom. The molecule has 0 saturated heterocycles. The van der Waals surface area contributed by atoms with E-state index in [1.165, 1.54) is 0 Å². The summed E-state index contributed by atoms with van der Waals surface area (Å²) in [5, 5.41) is 18.5. The Bertz CT molecular complexity index is 381. The Labute approximate surface area is 108 Å². The lowest BCUT2D eigenvalue weighted by molar-refractivity contribution is -0.138. The zero-order valence-electron chi connectivity index (χ0n) is 11.3. The van der Waals surface area contributed by atoms with Crippen molar-refractivity contribution in [2.45, 2.75) is 45.6 Å². The van der Waals surface area contributed by atoms with Crippen molar-refractivity contribution in [3.05, 3.63) is 35.4 Å². The summed E-state index contributed by atoms with van der Waals surface area (Å²) in [6.07, 6.45) is 1.45. The summed E-state index contributed by atoms with van der Waals surface area (Å²) < 4.78 is 0. The van der Waals surface area contributed by atoms with Crippen molar-refractivity contribution in [2.75, 3.05) is 0 Å².